The zero-order chi connectivity index (χ0) is 28.0. The molecule has 1 atom stereocenters. The molecule has 38 heavy (non-hydrogen) atoms. The Kier molecular flexibility index (Phi) is 10.0. The summed E-state index contributed by atoms with van der Waals surface area (Å²) in [7, 11) is -4.29. The smallest absolute Gasteiger partial charge is 0.264 e. The first-order valence-corrected chi connectivity index (χ1v) is 14.1. The van der Waals surface area contributed by atoms with Crippen molar-refractivity contribution in [2.75, 3.05) is 17.4 Å². The molecule has 12 heteroatoms. The van der Waals surface area contributed by atoms with E-state index < -0.39 is 40.2 Å². The molecule has 0 aromatic heterocycles. The summed E-state index contributed by atoms with van der Waals surface area (Å²) >= 11 is 18.3. The maximum atomic E-state index is 13.9. The van der Waals surface area contributed by atoms with Gasteiger partial charge in [-0.25, -0.2) is 12.8 Å². The van der Waals surface area contributed by atoms with Crippen molar-refractivity contribution in [3.63, 3.8) is 0 Å². The fraction of sp³-hybridized carbons (Fsp3) is 0.231. The van der Waals surface area contributed by atoms with Crippen LogP contribution in [-0.4, -0.2) is 44.3 Å². The highest BCUT2D eigenvalue weighted by molar-refractivity contribution is 7.92. The van der Waals surface area contributed by atoms with E-state index in [1.807, 2.05) is 0 Å². The minimum Gasteiger partial charge on any atom is -0.355 e. The van der Waals surface area contributed by atoms with E-state index in [1.54, 1.807) is 25.1 Å². The van der Waals surface area contributed by atoms with Gasteiger partial charge in [0.15, 0.2) is 0 Å². The second kappa shape index (κ2) is 12.8. The average molecular weight is 601 g/mol. The van der Waals surface area contributed by atoms with Gasteiger partial charge in [-0.3, -0.25) is 13.9 Å². The topological polar surface area (TPSA) is 86.8 Å². The van der Waals surface area contributed by atoms with Gasteiger partial charge in [0.1, 0.15) is 18.4 Å². The number of anilines is 1. The number of nitrogens with one attached hydrogen (secondary N) is 1. The van der Waals surface area contributed by atoms with Gasteiger partial charge in [0.2, 0.25) is 11.8 Å². The Hall–Kier alpha value is -2.85. The first kappa shape index (κ1) is 29.7. The van der Waals surface area contributed by atoms with E-state index in [0.29, 0.717) is 17.1 Å². The number of carbonyl (C=O) groups excluding carboxylic acids is 2. The molecule has 0 bridgehead atoms. The summed E-state index contributed by atoms with van der Waals surface area (Å²) in [6.07, 6.45) is 0. The van der Waals surface area contributed by atoms with Gasteiger partial charge in [-0.05, 0) is 61.9 Å². The minimum absolute atomic E-state index is 0.0243. The lowest BCUT2D eigenvalue weighted by atomic mass is 10.1. The molecular weight excluding hydrogens is 576 g/mol. The van der Waals surface area contributed by atoms with Crippen molar-refractivity contribution >= 4 is 62.3 Å². The van der Waals surface area contributed by atoms with Crippen LogP contribution in [0.4, 0.5) is 10.1 Å². The zero-order valence-corrected chi connectivity index (χ0v) is 23.6. The Morgan fingerprint density at radius 3 is 2.26 bits per heavy atom. The number of sulfonamides is 1. The average Bonchev–Trinajstić information content (AvgIpc) is 2.88. The van der Waals surface area contributed by atoms with E-state index in [1.165, 1.54) is 48.2 Å². The number of rotatable bonds is 10. The molecule has 202 valence electrons. The SMILES string of the molecule is CCNC(=O)[C@H](C)N(Cc1ccc(Cl)cc1Cl)C(=O)CN(c1ccc(F)c(Cl)c1)S(=O)(=O)c1ccccc1. The summed E-state index contributed by atoms with van der Waals surface area (Å²) in [5, 5.41) is 3.02. The van der Waals surface area contributed by atoms with Crippen LogP contribution in [0, 0.1) is 5.82 Å². The summed E-state index contributed by atoms with van der Waals surface area (Å²) in [5.74, 6) is -1.88. The van der Waals surface area contributed by atoms with Gasteiger partial charge in [0.25, 0.3) is 10.0 Å². The molecule has 0 aliphatic carbocycles. The highest BCUT2D eigenvalue weighted by Crippen LogP contribution is 2.29. The molecule has 3 aromatic carbocycles. The number of hydrogen-bond donors (Lipinski definition) is 1. The first-order chi connectivity index (χ1) is 17.9. The van der Waals surface area contributed by atoms with Crippen LogP contribution in [-0.2, 0) is 26.2 Å². The molecule has 3 rings (SSSR count). The normalized spacial score (nSPS) is 12.1. The molecule has 0 spiro atoms. The molecule has 0 saturated carbocycles. The van der Waals surface area contributed by atoms with E-state index in [4.69, 9.17) is 34.8 Å². The molecule has 1 N–H and O–H groups in total. The molecule has 0 saturated heterocycles. The Morgan fingerprint density at radius 1 is 0.974 bits per heavy atom. The molecule has 0 radical (unpaired) electrons. The molecule has 0 aliphatic heterocycles. The first-order valence-electron chi connectivity index (χ1n) is 11.5. The van der Waals surface area contributed by atoms with Crippen LogP contribution in [0.5, 0.6) is 0 Å². The standard InChI is InChI=1S/C26H25Cl3FN3O4S/c1-3-31-26(35)17(2)32(15-18-9-10-19(27)13-22(18)28)25(34)16-33(20-11-12-24(30)23(29)14-20)38(36,37)21-7-5-4-6-8-21/h4-14,17H,3,15-16H2,1-2H3,(H,31,35)/t17-/m0/s1. The van der Waals surface area contributed by atoms with Crippen LogP contribution < -0.4 is 9.62 Å². The number of carbonyl (C=O) groups is 2. The summed E-state index contributed by atoms with van der Waals surface area (Å²) in [6, 6.07) is 14.6. The predicted molar refractivity (Wildman–Crippen MR) is 148 cm³/mol. The molecule has 0 unspecified atom stereocenters. The summed E-state index contributed by atoms with van der Waals surface area (Å²) in [5.41, 5.74) is 0.478. The Labute approximate surface area is 236 Å². The van der Waals surface area contributed by atoms with Crippen molar-refractivity contribution in [3.8, 4) is 0 Å². The van der Waals surface area contributed by atoms with Gasteiger partial charge in [0, 0.05) is 23.1 Å². The Balaban J connectivity index is 2.06. The Morgan fingerprint density at radius 2 is 1.66 bits per heavy atom. The molecular formula is C26H25Cl3FN3O4S. The van der Waals surface area contributed by atoms with Gasteiger partial charge in [-0.2, -0.15) is 0 Å². The van der Waals surface area contributed by atoms with Gasteiger partial charge in [-0.15, -0.1) is 0 Å². The number of halogens is 4. The van der Waals surface area contributed by atoms with E-state index in [2.05, 4.69) is 5.32 Å². The largest absolute Gasteiger partial charge is 0.355 e. The maximum Gasteiger partial charge on any atom is 0.264 e. The number of amides is 2. The van der Waals surface area contributed by atoms with Crippen molar-refractivity contribution in [2.24, 2.45) is 0 Å². The fourth-order valence-corrected chi connectivity index (χ4v) is 5.70. The van der Waals surface area contributed by atoms with Crippen LogP contribution in [0.25, 0.3) is 0 Å². The summed E-state index contributed by atoms with van der Waals surface area (Å²) < 4.78 is 42.0. The number of benzene rings is 3. The third kappa shape index (κ3) is 6.96. The lowest BCUT2D eigenvalue weighted by Crippen LogP contribution is -2.51. The lowest BCUT2D eigenvalue weighted by molar-refractivity contribution is -0.139. The van der Waals surface area contributed by atoms with Gasteiger partial charge in [-0.1, -0.05) is 59.1 Å². The van der Waals surface area contributed by atoms with Gasteiger partial charge >= 0.3 is 0 Å². The molecule has 0 aliphatic rings. The third-order valence-corrected chi connectivity index (χ3v) is 8.34. The lowest BCUT2D eigenvalue weighted by Gasteiger charge is -2.32. The van der Waals surface area contributed by atoms with Gasteiger partial charge in [0.05, 0.1) is 15.6 Å². The van der Waals surface area contributed by atoms with Crippen molar-refractivity contribution in [2.45, 2.75) is 31.3 Å². The van der Waals surface area contributed by atoms with E-state index in [-0.39, 0.29) is 27.2 Å². The minimum atomic E-state index is -4.29. The monoisotopic (exact) mass is 599 g/mol. The Bertz CT molecular complexity index is 1420. The van der Waals surface area contributed by atoms with Crippen LogP contribution in [0.1, 0.15) is 19.4 Å². The molecule has 7 nitrogen and oxygen atoms in total. The number of likely N-dealkylation sites (N-methyl/N-ethyl adjacent to an activating group) is 1. The third-order valence-electron chi connectivity index (χ3n) is 5.68. The van der Waals surface area contributed by atoms with Crippen molar-refractivity contribution < 1.29 is 22.4 Å². The highest BCUT2D eigenvalue weighted by Gasteiger charge is 2.33. The van der Waals surface area contributed by atoms with Crippen LogP contribution in [0.15, 0.2) is 71.6 Å². The zero-order valence-electron chi connectivity index (χ0n) is 20.5. The summed E-state index contributed by atoms with van der Waals surface area (Å²) in [4.78, 5) is 27.6. The second-order valence-corrected chi connectivity index (χ2v) is 11.4. The van der Waals surface area contributed by atoms with Crippen LogP contribution in [0.3, 0.4) is 0 Å². The van der Waals surface area contributed by atoms with E-state index in [0.717, 1.165) is 16.4 Å². The quantitative estimate of drug-likeness (QED) is 0.331. The van der Waals surface area contributed by atoms with Crippen LogP contribution >= 0.6 is 34.8 Å². The number of hydrogen-bond acceptors (Lipinski definition) is 4. The van der Waals surface area contributed by atoms with E-state index >= 15 is 0 Å². The maximum absolute atomic E-state index is 13.9. The van der Waals surface area contributed by atoms with Crippen LogP contribution in [0.2, 0.25) is 15.1 Å². The molecule has 0 heterocycles. The fourth-order valence-electron chi connectivity index (χ4n) is 3.63. The molecule has 0 fully saturated rings. The predicted octanol–water partition coefficient (Wildman–Crippen LogP) is 5.53. The highest BCUT2D eigenvalue weighted by atomic mass is 35.5. The van der Waals surface area contributed by atoms with E-state index in [9.17, 15) is 22.4 Å². The van der Waals surface area contributed by atoms with Crippen molar-refractivity contribution in [3.05, 3.63) is 93.2 Å². The summed E-state index contributed by atoms with van der Waals surface area (Å²) in [6.45, 7) is 2.79. The molecule has 3 aromatic rings. The van der Waals surface area contributed by atoms with Gasteiger partial charge < -0.3 is 10.2 Å². The second-order valence-electron chi connectivity index (χ2n) is 8.25. The van der Waals surface area contributed by atoms with Crippen molar-refractivity contribution in [1.29, 1.82) is 0 Å². The van der Waals surface area contributed by atoms with Crippen molar-refractivity contribution in [1.82, 2.24) is 10.2 Å². The molecule has 2 amide bonds. The number of nitrogens with zero attached hydrogens (tertiary/aromatic N) is 2.